The molecule has 3 aromatic carbocycles. The molecule has 3 aromatic rings. The van der Waals surface area contributed by atoms with Gasteiger partial charge in [0.15, 0.2) is 0 Å². The van der Waals surface area contributed by atoms with Crippen LogP contribution in [0.5, 0.6) is 0 Å². The lowest BCUT2D eigenvalue weighted by molar-refractivity contribution is 1.11. The maximum atomic E-state index is 2.32. The molecule has 0 bridgehead atoms. The van der Waals surface area contributed by atoms with Gasteiger partial charge in [0.2, 0.25) is 0 Å². The Morgan fingerprint density at radius 2 is 1.10 bits per heavy atom. The second-order valence-electron chi connectivity index (χ2n) is 4.99. The van der Waals surface area contributed by atoms with E-state index >= 15 is 0 Å². The Labute approximate surface area is 126 Å². The molecule has 0 aliphatic rings. The molecule has 3 rings (SSSR count). The van der Waals surface area contributed by atoms with Crippen molar-refractivity contribution < 1.29 is 0 Å². The Morgan fingerprint density at radius 1 is 0.619 bits per heavy atom. The summed E-state index contributed by atoms with van der Waals surface area (Å²) in [7, 11) is 0. The first-order valence-corrected chi connectivity index (χ1v) is 7.38. The highest BCUT2D eigenvalue weighted by molar-refractivity contribution is 5.78. The number of aryl methyl sites for hydroxylation is 1. The molecule has 0 spiro atoms. The van der Waals surface area contributed by atoms with E-state index in [0.717, 1.165) is 6.42 Å². The van der Waals surface area contributed by atoms with E-state index in [0.29, 0.717) is 0 Å². The minimum atomic E-state index is 1.02. The van der Waals surface area contributed by atoms with Crippen molar-refractivity contribution in [2.24, 2.45) is 0 Å². The second-order valence-corrected chi connectivity index (χ2v) is 4.99. The van der Waals surface area contributed by atoms with Crippen LogP contribution in [0.2, 0.25) is 0 Å². The quantitative estimate of drug-likeness (QED) is 0.587. The highest BCUT2D eigenvalue weighted by Gasteiger charge is 2.13. The van der Waals surface area contributed by atoms with Crippen LogP contribution >= 0.6 is 0 Å². The average Bonchev–Trinajstić information content (AvgIpc) is 2.58. The zero-order valence-corrected chi connectivity index (χ0v) is 12.2. The van der Waals surface area contributed by atoms with Gasteiger partial charge in [0.05, 0.1) is 0 Å². The van der Waals surface area contributed by atoms with E-state index in [1.54, 1.807) is 0 Å². The predicted molar refractivity (Wildman–Crippen MR) is 90.5 cm³/mol. The Hall–Kier alpha value is -2.54. The number of hydrogen-bond acceptors (Lipinski definition) is 1. The van der Waals surface area contributed by atoms with Gasteiger partial charge < -0.3 is 4.90 Å². The molecule has 0 atom stereocenters. The molecule has 0 aliphatic carbocycles. The predicted octanol–water partition coefficient (Wildman–Crippen LogP) is 5.72. The molecular formula is C20H19N. The SMILES string of the molecule is CCc1ccccc1N(c1ccccc1)c1ccccc1. The summed E-state index contributed by atoms with van der Waals surface area (Å²) in [6.45, 7) is 2.20. The van der Waals surface area contributed by atoms with Crippen LogP contribution in [0, 0.1) is 0 Å². The van der Waals surface area contributed by atoms with Gasteiger partial charge >= 0.3 is 0 Å². The lowest BCUT2D eigenvalue weighted by Crippen LogP contribution is -2.11. The lowest BCUT2D eigenvalue weighted by Gasteiger charge is -2.27. The standard InChI is InChI=1S/C20H19N/c1-2-17-11-9-10-16-20(17)21(18-12-5-3-6-13-18)19-14-7-4-8-15-19/h3-16H,2H2,1H3. The van der Waals surface area contributed by atoms with Crippen LogP contribution < -0.4 is 4.90 Å². The Balaban J connectivity index is 2.17. The summed E-state index contributed by atoms with van der Waals surface area (Å²) in [5, 5.41) is 0. The molecule has 0 N–H and O–H groups in total. The summed E-state index contributed by atoms with van der Waals surface area (Å²) < 4.78 is 0. The third kappa shape index (κ3) is 2.82. The fraction of sp³-hybridized carbons (Fsp3) is 0.100. The number of benzene rings is 3. The molecule has 0 radical (unpaired) electrons. The van der Waals surface area contributed by atoms with Crippen molar-refractivity contribution in [2.75, 3.05) is 4.90 Å². The smallest absolute Gasteiger partial charge is 0.0493 e. The molecule has 0 aromatic heterocycles. The highest BCUT2D eigenvalue weighted by Crippen LogP contribution is 2.36. The van der Waals surface area contributed by atoms with Crippen molar-refractivity contribution in [1.29, 1.82) is 0 Å². The summed E-state index contributed by atoms with van der Waals surface area (Å²) in [6, 6.07) is 29.7. The Bertz CT molecular complexity index is 650. The molecule has 1 nitrogen and oxygen atoms in total. The van der Waals surface area contributed by atoms with Crippen molar-refractivity contribution >= 4 is 17.1 Å². The monoisotopic (exact) mass is 273 g/mol. The van der Waals surface area contributed by atoms with E-state index in [2.05, 4.69) is 96.8 Å². The van der Waals surface area contributed by atoms with E-state index < -0.39 is 0 Å². The summed E-state index contributed by atoms with van der Waals surface area (Å²) in [4.78, 5) is 2.32. The van der Waals surface area contributed by atoms with Gasteiger partial charge in [-0.1, -0.05) is 61.5 Å². The van der Waals surface area contributed by atoms with Crippen LogP contribution in [-0.4, -0.2) is 0 Å². The molecular weight excluding hydrogens is 254 g/mol. The third-order valence-corrected chi connectivity index (χ3v) is 3.64. The average molecular weight is 273 g/mol. The first-order chi connectivity index (χ1) is 10.4. The number of hydrogen-bond donors (Lipinski definition) is 0. The molecule has 0 saturated heterocycles. The van der Waals surface area contributed by atoms with Crippen LogP contribution in [-0.2, 0) is 6.42 Å². The molecule has 21 heavy (non-hydrogen) atoms. The van der Waals surface area contributed by atoms with Gasteiger partial charge in [-0.05, 0) is 42.3 Å². The zero-order valence-electron chi connectivity index (χ0n) is 12.2. The largest absolute Gasteiger partial charge is 0.310 e. The molecule has 0 heterocycles. The van der Waals surface area contributed by atoms with Crippen LogP contribution in [0.3, 0.4) is 0 Å². The van der Waals surface area contributed by atoms with Gasteiger partial charge in [-0.3, -0.25) is 0 Å². The Kier molecular flexibility index (Phi) is 4.02. The van der Waals surface area contributed by atoms with Gasteiger partial charge in [-0.15, -0.1) is 0 Å². The second kappa shape index (κ2) is 6.27. The summed E-state index contributed by atoms with van der Waals surface area (Å²) >= 11 is 0. The Morgan fingerprint density at radius 3 is 1.62 bits per heavy atom. The molecule has 1 heteroatoms. The van der Waals surface area contributed by atoms with Crippen molar-refractivity contribution in [3.05, 3.63) is 90.5 Å². The molecule has 0 fully saturated rings. The third-order valence-electron chi connectivity index (χ3n) is 3.64. The molecule has 0 aliphatic heterocycles. The summed E-state index contributed by atoms with van der Waals surface area (Å²) in [5.41, 5.74) is 4.97. The zero-order chi connectivity index (χ0) is 14.5. The number of anilines is 3. The fourth-order valence-electron chi connectivity index (χ4n) is 2.61. The van der Waals surface area contributed by atoms with Gasteiger partial charge in [0.1, 0.15) is 0 Å². The van der Waals surface area contributed by atoms with Gasteiger partial charge in [-0.25, -0.2) is 0 Å². The van der Waals surface area contributed by atoms with Crippen LogP contribution in [0.15, 0.2) is 84.9 Å². The van der Waals surface area contributed by atoms with E-state index in [1.807, 2.05) is 0 Å². The molecule has 0 amide bonds. The van der Waals surface area contributed by atoms with Gasteiger partial charge in [-0.2, -0.15) is 0 Å². The first kappa shape index (κ1) is 13.4. The minimum absolute atomic E-state index is 1.02. The maximum Gasteiger partial charge on any atom is 0.0493 e. The summed E-state index contributed by atoms with van der Waals surface area (Å²) in [5.74, 6) is 0. The van der Waals surface area contributed by atoms with Crippen LogP contribution in [0.25, 0.3) is 0 Å². The lowest BCUT2D eigenvalue weighted by atomic mass is 10.1. The van der Waals surface area contributed by atoms with Crippen LogP contribution in [0.1, 0.15) is 12.5 Å². The van der Waals surface area contributed by atoms with Crippen molar-refractivity contribution in [3.63, 3.8) is 0 Å². The molecule has 0 unspecified atom stereocenters. The minimum Gasteiger partial charge on any atom is -0.310 e. The maximum absolute atomic E-state index is 2.32. The van der Waals surface area contributed by atoms with Gasteiger partial charge in [0.25, 0.3) is 0 Å². The number of nitrogens with zero attached hydrogens (tertiary/aromatic N) is 1. The molecule has 104 valence electrons. The van der Waals surface area contributed by atoms with E-state index in [1.165, 1.54) is 22.6 Å². The van der Waals surface area contributed by atoms with Crippen molar-refractivity contribution in [3.8, 4) is 0 Å². The van der Waals surface area contributed by atoms with E-state index in [9.17, 15) is 0 Å². The van der Waals surface area contributed by atoms with E-state index in [4.69, 9.17) is 0 Å². The van der Waals surface area contributed by atoms with E-state index in [-0.39, 0.29) is 0 Å². The highest BCUT2D eigenvalue weighted by atomic mass is 15.1. The topological polar surface area (TPSA) is 3.24 Å². The van der Waals surface area contributed by atoms with Crippen molar-refractivity contribution in [2.45, 2.75) is 13.3 Å². The normalized spacial score (nSPS) is 10.3. The van der Waals surface area contributed by atoms with Crippen LogP contribution in [0.4, 0.5) is 17.1 Å². The number of rotatable bonds is 4. The van der Waals surface area contributed by atoms with Gasteiger partial charge in [0, 0.05) is 17.1 Å². The number of para-hydroxylation sites is 3. The molecule has 0 saturated carbocycles. The summed E-state index contributed by atoms with van der Waals surface area (Å²) in [6.07, 6.45) is 1.02. The fourth-order valence-corrected chi connectivity index (χ4v) is 2.61. The van der Waals surface area contributed by atoms with Crippen molar-refractivity contribution in [1.82, 2.24) is 0 Å². The first-order valence-electron chi connectivity index (χ1n) is 7.38.